The van der Waals surface area contributed by atoms with Gasteiger partial charge >= 0.3 is 24.4 Å². The number of carbonyl (C=O) groups is 4. The maximum atomic E-state index is 12.7. The molecule has 0 aliphatic carbocycles. The molecule has 0 aromatic heterocycles. The lowest BCUT2D eigenvalue weighted by Crippen LogP contribution is -2.60. The minimum atomic E-state index is -2.26. The Hall–Kier alpha value is -3.54. The highest BCUT2D eigenvalue weighted by Crippen LogP contribution is 2.32. The molecule has 1 rings (SSSR count). The molecule has 0 radical (unpaired) electrons. The van der Waals surface area contributed by atoms with Gasteiger partial charge in [0.15, 0.2) is 11.5 Å². The van der Waals surface area contributed by atoms with Crippen molar-refractivity contribution in [2.24, 2.45) is 0 Å². The van der Waals surface area contributed by atoms with Gasteiger partial charge in [-0.15, -0.1) is 0 Å². The third-order valence-electron chi connectivity index (χ3n) is 5.53. The summed E-state index contributed by atoms with van der Waals surface area (Å²) in [5.41, 5.74) is -4.65. The van der Waals surface area contributed by atoms with Crippen molar-refractivity contribution in [3.63, 3.8) is 0 Å². The third-order valence-corrected chi connectivity index (χ3v) is 5.53. The van der Waals surface area contributed by atoms with Crippen LogP contribution >= 0.6 is 0 Å². The van der Waals surface area contributed by atoms with Gasteiger partial charge in [0, 0.05) is 12.5 Å². The van der Waals surface area contributed by atoms with E-state index in [2.05, 4.69) is 5.32 Å². The van der Waals surface area contributed by atoms with Crippen molar-refractivity contribution in [3.05, 3.63) is 23.8 Å². The van der Waals surface area contributed by atoms with E-state index in [0.717, 1.165) is 0 Å². The smallest absolute Gasteiger partial charge is 0.477 e. The van der Waals surface area contributed by atoms with Gasteiger partial charge < -0.3 is 33.5 Å². The first-order chi connectivity index (χ1) is 18.6. The Kier molecular flexibility index (Phi) is 12.0. The predicted octanol–water partition coefficient (Wildman–Crippen LogP) is 6.37. The zero-order valence-electron chi connectivity index (χ0n) is 26.0. The fourth-order valence-electron chi connectivity index (χ4n) is 3.09. The Bertz CT molecular complexity index is 1090. The van der Waals surface area contributed by atoms with E-state index >= 15 is 0 Å². The topological polar surface area (TPSA) is 156 Å². The molecule has 0 saturated heterocycles. The quantitative estimate of drug-likeness (QED) is 0.129. The summed E-state index contributed by atoms with van der Waals surface area (Å²) in [6, 6.07) is 3.63. The maximum Gasteiger partial charge on any atom is 0.514 e. The maximum absolute atomic E-state index is 12.7. The minimum Gasteiger partial charge on any atom is -0.477 e. The number of carboxylic acid groups (broad SMARTS) is 1. The first kappa shape index (κ1) is 35.5. The third kappa shape index (κ3) is 12.7. The average molecular weight is 584 g/mol. The molecule has 1 unspecified atom stereocenters. The summed E-state index contributed by atoms with van der Waals surface area (Å²) in [4.78, 5) is 50.2. The van der Waals surface area contributed by atoms with Gasteiger partial charge in [-0.2, -0.15) is 0 Å². The van der Waals surface area contributed by atoms with Gasteiger partial charge in [0.05, 0.1) is 0 Å². The SMILES string of the molecule is CCC(C)N[C@@](Cc1ccc(OC(=O)OC(C)(C)C)c(OC(=O)OC(C)(C)C)c1)(OC(=O)OC(C)(C)CC)C(=O)O. The van der Waals surface area contributed by atoms with Crippen molar-refractivity contribution >= 4 is 24.4 Å². The Morgan fingerprint density at radius 1 is 0.780 bits per heavy atom. The summed E-state index contributed by atoms with van der Waals surface area (Å²) in [6.07, 6.45) is -2.75. The number of hydrogen-bond donors (Lipinski definition) is 2. The number of hydrogen-bond acceptors (Lipinski definition) is 11. The van der Waals surface area contributed by atoms with E-state index in [1.165, 1.54) is 18.2 Å². The number of aliphatic carboxylic acids is 1. The summed E-state index contributed by atoms with van der Waals surface area (Å²) in [6.45, 7) is 18.6. The monoisotopic (exact) mass is 583 g/mol. The minimum absolute atomic E-state index is 0.185. The first-order valence-corrected chi connectivity index (χ1v) is 13.5. The second-order valence-electron chi connectivity index (χ2n) is 12.2. The molecule has 0 fully saturated rings. The van der Waals surface area contributed by atoms with Crippen molar-refractivity contribution in [1.82, 2.24) is 5.32 Å². The van der Waals surface area contributed by atoms with Crippen LogP contribution in [0.25, 0.3) is 0 Å². The molecule has 1 aromatic carbocycles. The van der Waals surface area contributed by atoms with Crippen LogP contribution in [0.15, 0.2) is 18.2 Å². The standard InChI is InChI=1S/C29H45NO11/c1-12-18(3)30-29(22(31)32,41-25(35)40-28(10,11)13-2)17-19-14-15-20(36-23(33)38-26(4,5)6)21(16-19)37-24(34)39-27(7,8)9/h14-16,18,30H,12-13,17H2,1-11H3,(H,31,32)/t18?,29-/m0/s1. The molecule has 0 bridgehead atoms. The summed E-state index contributed by atoms with van der Waals surface area (Å²) in [7, 11) is 0. The second kappa shape index (κ2) is 13.9. The van der Waals surface area contributed by atoms with E-state index in [1.807, 2.05) is 13.8 Å². The highest BCUT2D eigenvalue weighted by molar-refractivity contribution is 5.80. The van der Waals surface area contributed by atoms with Crippen molar-refractivity contribution in [2.45, 2.75) is 124 Å². The molecule has 2 N–H and O–H groups in total. The molecule has 232 valence electrons. The molecule has 12 nitrogen and oxygen atoms in total. The molecule has 0 saturated carbocycles. The normalized spacial score (nSPS) is 14.2. The molecular weight excluding hydrogens is 538 g/mol. The lowest BCUT2D eigenvalue weighted by atomic mass is 10.00. The van der Waals surface area contributed by atoms with Crippen LogP contribution in [-0.2, 0) is 30.2 Å². The molecule has 0 spiro atoms. The van der Waals surface area contributed by atoms with E-state index in [-0.39, 0.29) is 23.1 Å². The van der Waals surface area contributed by atoms with Crippen LogP contribution < -0.4 is 14.8 Å². The van der Waals surface area contributed by atoms with Crippen LogP contribution in [0.5, 0.6) is 11.5 Å². The van der Waals surface area contributed by atoms with Crippen molar-refractivity contribution in [3.8, 4) is 11.5 Å². The summed E-state index contributed by atoms with van der Waals surface area (Å²) in [5.74, 6) is -1.91. The van der Waals surface area contributed by atoms with E-state index in [9.17, 15) is 24.3 Å². The lowest BCUT2D eigenvalue weighted by Gasteiger charge is -2.34. The number of ether oxygens (including phenoxy) is 6. The molecule has 1 aromatic rings. The number of rotatable bonds is 11. The second-order valence-corrected chi connectivity index (χ2v) is 12.2. The largest absolute Gasteiger partial charge is 0.514 e. The highest BCUT2D eigenvalue weighted by atomic mass is 16.8. The fraction of sp³-hybridized carbons (Fsp3) is 0.655. The molecule has 0 aliphatic heterocycles. The molecule has 2 atom stereocenters. The Balaban J connectivity index is 3.53. The Morgan fingerprint density at radius 3 is 1.73 bits per heavy atom. The van der Waals surface area contributed by atoms with Gasteiger partial charge in [0.25, 0.3) is 5.72 Å². The van der Waals surface area contributed by atoms with Gasteiger partial charge in [0.1, 0.15) is 16.8 Å². The van der Waals surface area contributed by atoms with Crippen molar-refractivity contribution in [1.29, 1.82) is 0 Å². The van der Waals surface area contributed by atoms with E-state index < -0.39 is 53.4 Å². The predicted molar refractivity (Wildman–Crippen MR) is 149 cm³/mol. The average Bonchev–Trinajstić information content (AvgIpc) is 2.77. The molecule has 41 heavy (non-hydrogen) atoms. The van der Waals surface area contributed by atoms with Crippen molar-refractivity contribution in [2.75, 3.05) is 0 Å². The molecule has 0 amide bonds. The van der Waals surface area contributed by atoms with Crippen LogP contribution in [0.4, 0.5) is 14.4 Å². The van der Waals surface area contributed by atoms with E-state index in [0.29, 0.717) is 12.8 Å². The van der Waals surface area contributed by atoms with Crippen LogP contribution in [0.3, 0.4) is 0 Å². The number of carbonyl (C=O) groups excluding carboxylic acids is 3. The summed E-state index contributed by atoms with van der Waals surface area (Å²) >= 11 is 0. The summed E-state index contributed by atoms with van der Waals surface area (Å²) in [5, 5.41) is 13.1. The van der Waals surface area contributed by atoms with Gasteiger partial charge in [0.2, 0.25) is 0 Å². The number of carboxylic acids is 1. The number of benzene rings is 1. The summed E-state index contributed by atoms with van der Waals surface area (Å²) < 4.78 is 31.8. The van der Waals surface area contributed by atoms with Gasteiger partial charge in [-0.3, -0.25) is 5.32 Å². The lowest BCUT2D eigenvalue weighted by molar-refractivity contribution is -0.169. The van der Waals surface area contributed by atoms with Crippen LogP contribution in [-0.4, -0.2) is 58.1 Å². The van der Waals surface area contributed by atoms with Gasteiger partial charge in [-0.25, -0.2) is 19.2 Å². The van der Waals surface area contributed by atoms with Crippen molar-refractivity contribution < 1.29 is 52.7 Å². The van der Waals surface area contributed by atoms with Gasteiger partial charge in [-0.1, -0.05) is 19.9 Å². The highest BCUT2D eigenvalue weighted by Gasteiger charge is 2.45. The Labute approximate surface area is 241 Å². The molecule has 0 aliphatic rings. The van der Waals surface area contributed by atoms with E-state index in [4.69, 9.17) is 28.4 Å². The molecular formula is C29H45NO11. The van der Waals surface area contributed by atoms with Crippen LogP contribution in [0.1, 0.15) is 94.6 Å². The molecule has 0 heterocycles. The van der Waals surface area contributed by atoms with Gasteiger partial charge in [-0.05, 0) is 92.9 Å². The molecule has 12 heteroatoms. The zero-order valence-corrected chi connectivity index (χ0v) is 26.0. The Morgan fingerprint density at radius 2 is 1.29 bits per heavy atom. The fourth-order valence-corrected chi connectivity index (χ4v) is 3.09. The van der Waals surface area contributed by atoms with Crippen LogP contribution in [0.2, 0.25) is 0 Å². The van der Waals surface area contributed by atoms with E-state index in [1.54, 1.807) is 62.3 Å². The number of nitrogens with one attached hydrogen (secondary N) is 1. The first-order valence-electron chi connectivity index (χ1n) is 13.5. The zero-order chi connectivity index (χ0) is 31.8. The van der Waals surface area contributed by atoms with Crippen LogP contribution in [0, 0.1) is 0 Å².